The van der Waals surface area contributed by atoms with Crippen molar-refractivity contribution in [1.82, 2.24) is 19.9 Å². The quantitative estimate of drug-likeness (QED) is 0.698. The zero-order chi connectivity index (χ0) is 18.7. The third-order valence-corrected chi connectivity index (χ3v) is 6.02. The molecule has 7 heteroatoms. The van der Waals surface area contributed by atoms with E-state index >= 15 is 0 Å². The summed E-state index contributed by atoms with van der Waals surface area (Å²) < 4.78 is 28.3. The molecule has 0 saturated carbocycles. The lowest BCUT2D eigenvalue weighted by Gasteiger charge is -2.18. The van der Waals surface area contributed by atoms with Crippen molar-refractivity contribution in [1.29, 1.82) is 0 Å². The van der Waals surface area contributed by atoms with E-state index in [0.717, 1.165) is 16.8 Å². The normalized spacial score (nSPS) is 12.9. The Morgan fingerprint density at radius 3 is 2.38 bits per heavy atom. The maximum Gasteiger partial charge on any atom is 0.244 e. The van der Waals surface area contributed by atoms with Crippen LogP contribution in [0.25, 0.3) is 0 Å². The number of aryl methyl sites for hydroxylation is 3. The summed E-state index contributed by atoms with van der Waals surface area (Å²) in [5.41, 5.74) is 3.97. The molecule has 1 aromatic carbocycles. The van der Waals surface area contributed by atoms with Gasteiger partial charge in [0.1, 0.15) is 4.90 Å². The van der Waals surface area contributed by atoms with E-state index in [9.17, 15) is 8.42 Å². The van der Waals surface area contributed by atoms with E-state index in [1.54, 1.807) is 20.0 Å². The molecule has 2 aromatic heterocycles. The molecule has 0 bridgehead atoms. The number of benzene rings is 1. The van der Waals surface area contributed by atoms with Crippen LogP contribution in [0.4, 0.5) is 0 Å². The van der Waals surface area contributed by atoms with Crippen molar-refractivity contribution in [3.05, 3.63) is 76.9 Å². The molecule has 0 aliphatic rings. The molecule has 0 aliphatic carbocycles. The number of hydrogen-bond acceptors (Lipinski definition) is 4. The number of rotatable bonds is 6. The van der Waals surface area contributed by atoms with Crippen molar-refractivity contribution in [2.45, 2.75) is 31.6 Å². The maximum absolute atomic E-state index is 12.8. The lowest BCUT2D eigenvalue weighted by Crippen LogP contribution is -2.30. The average molecular weight is 370 g/mol. The first-order valence-electron chi connectivity index (χ1n) is 8.37. The lowest BCUT2D eigenvalue weighted by atomic mass is 9.94. The number of H-pyrrole nitrogens is 1. The van der Waals surface area contributed by atoms with Gasteiger partial charge in [-0.25, -0.2) is 13.1 Å². The second kappa shape index (κ2) is 7.39. The van der Waals surface area contributed by atoms with Crippen LogP contribution in [0.5, 0.6) is 0 Å². The Labute approximate surface area is 153 Å². The second-order valence-electron chi connectivity index (χ2n) is 6.33. The van der Waals surface area contributed by atoms with Gasteiger partial charge in [0.05, 0.1) is 11.4 Å². The van der Waals surface area contributed by atoms with E-state index in [0.29, 0.717) is 11.4 Å². The Balaban J connectivity index is 1.90. The van der Waals surface area contributed by atoms with Crippen molar-refractivity contribution in [3.8, 4) is 0 Å². The number of hydrogen-bond donors (Lipinski definition) is 2. The molecule has 0 saturated heterocycles. The summed E-state index contributed by atoms with van der Waals surface area (Å²) in [6.07, 6.45) is 1.72. The van der Waals surface area contributed by atoms with Crippen LogP contribution in [0.2, 0.25) is 0 Å². The van der Waals surface area contributed by atoms with E-state index in [4.69, 9.17) is 0 Å². The fraction of sp³-hybridized carbons (Fsp3) is 0.263. The van der Waals surface area contributed by atoms with Crippen molar-refractivity contribution in [2.75, 3.05) is 6.54 Å². The van der Waals surface area contributed by atoms with Crippen LogP contribution in [0.15, 0.2) is 53.6 Å². The molecule has 6 nitrogen and oxygen atoms in total. The predicted octanol–water partition coefficient (Wildman–Crippen LogP) is 2.84. The van der Waals surface area contributed by atoms with Crippen molar-refractivity contribution in [2.24, 2.45) is 0 Å². The Kier molecular flexibility index (Phi) is 5.20. The molecule has 0 fully saturated rings. The highest BCUT2D eigenvalue weighted by atomic mass is 32.2. The predicted molar refractivity (Wildman–Crippen MR) is 101 cm³/mol. The molecule has 1 atom stereocenters. The highest BCUT2D eigenvalue weighted by Crippen LogP contribution is 2.24. The van der Waals surface area contributed by atoms with Crippen LogP contribution in [-0.4, -0.2) is 30.1 Å². The van der Waals surface area contributed by atoms with E-state index in [1.165, 1.54) is 0 Å². The molecule has 26 heavy (non-hydrogen) atoms. The van der Waals surface area contributed by atoms with E-state index < -0.39 is 10.0 Å². The van der Waals surface area contributed by atoms with E-state index in [-0.39, 0.29) is 17.4 Å². The second-order valence-corrected chi connectivity index (χ2v) is 8.04. The van der Waals surface area contributed by atoms with Gasteiger partial charge in [-0.2, -0.15) is 5.10 Å². The van der Waals surface area contributed by atoms with Crippen molar-refractivity contribution in [3.63, 3.8) is 0 Å². The number of aromatic nitrogens is 3. The molecule has 2 heterocycles. The molecule has 0 spiro atoms. The molecule has 3 rings (SSSR count). The number of nitrogens with zero attached hydrogens (tertiary/aromatic N) is 2. The highest BCUT2D eigenvalue weighted by molar-refractivity contribution is 7.89. The number of nitrogens with one attached hydrogen (secondary N) is 2. The van der Waals surface area contributed by atoms with Gasteiger partial charge in [-0.3, -0.25) is 10.1 Å². The molecule has 0 amide bonds. The first kappa shape index (κ1) is 18.3. The molecule has 1 unspecified atom stereocenters. The minimum atomic E-state index is -3.67. The summed E-state index contributed by atoms with van der Waals surface area (Å²) in [6, 6.07) is 13.7. The Hall–Kier alpha value is -2.51. The molecule has 2 N–H and O–H groups in total. The van der Waals surface area contributed by atoms with Gasteiger partial charge < -0.3 is 0 Å². The van der Waals surface area contributed by atoms with Crippen LogP contribution in [0.3, 0.4) is 0 Å². The van der Waals surface area contributed by atoms with E-state index in [1.807, 2.05) is 49.4 Å². The fourth-order valence-electron chi connectivity index (χ4n) is 2.98. The largest absolute Gasteiger partial charge is 0.281 e. The van der Waals surface area contributed by atoms with Gasteiger partial charge in [-0.1, -0.05) is 35.9 Å². The van der Waals surface area contributed by atoms with Gasteiger partial charge >= 0.3 is 0 Å². The molecule has 136 valence electrons. The SMILES string of the molecule is Cc1ccc(C(CNS(=O)(=O)c2c(C)n[nH]c2C)c2ccccn2)cc1. The Morgan fingerprint density at radius 2 is 1.81 bits per heavy atom. The van der Waals surface area contributed by atoms with Crippen LogP contribution in [0.1, 0.15) is 34.1 Å². The number of aromatic amines is 1. The molecule has 3 aromatic rings. The number of sulfonamides is 1. The van der Waals surface area contributed by atoms with Crippen LogP contribution in [-0.2, 0) is 10.0 Å². The zero-order valence-corrected chi connectivity index (χ0v) is 15.8. The summed E-state index contributed by atoms with van der Waals surface area (Å²) in [7, 11) is -3.67. The third kappa shape index (κ3) is 3.84. The van der Waals surface area contributed by atoms with Crippen LogP contribution in [0, 0.1) is 20.8 Å². The van der Waals surface area contributed by atoms with Crippen LogP contribution >= 0.6 is 0 Å². The van der Waals surface area contributed by atoms with Gasteiger partial charge in [0, 0.05) is 24.4 Å². The van der Waals surface area contributed by atoms with Crippen molar-refractivity contribution >= 4 is 10.0 Å². The summed E-state index contributed by atoms with van der Waals surface area (Å²) in [6.45, 7) is 5.61. The van der Waals surface area contributed by atoms with Gasteiger partial charge in [0.25, 0.3) is 0 Å². The maximum atomic E-state index is 12.8. The van der Waals surface area contributed by atoms with E-state index in [2.05, 4.69) is 19.9 Å². The third-order valence-electron chi connectivity index (χ3n) is 4.33. The fourth-order valence-corrected chi connectivity index (χ4v) is 4.39. The Bertz CT molecular complexity index is 961. The average Bonchev–Trinajstić information content (AvgIpc) is 2.97. The minimum absolute atomic E-state index is 0.181. The standard InChI is InChI=1S/C19H22N4O2S/c1-13-7-9-16(10-8-13)17(18-6-4-5-11-20-18)12-21-26(24,25)19-14(2)22-23-15(19)3/h4-11,17,21H,12H2,1-3H3,(H,22,23). The summed E-state index contributed by atoms with van der Waals surface area (Å²) in [4.78, 5) is 4.63. The van der Waals surface area contributed by atoms with Gasteiger partial charge in [0.2, 0.25) is 10.0 Å². The van der Waals surface area contributed by atoms with Gasteiger partial charge in [0.15, 0.2) is 0 Å². The summed E-state index contributed by atoms with van der Waals surface area (Å²) >= 11 is 0. The lowest BCUT2D eigenvalue weighted by molar-refractivity contribution is 0.575. The van der Waals surface area contributed by atoms with Gasteiger partial charge in [-0.15, -0.1) is 0 Å². The summed E-state index contributed by atoms with van der Waals surface area (Å²) in [5.74, 6) is -0.181. The monoisotopic (exact) mass is 370 g/mol. The smallest absolute Gasteiger partial charge is 0.244 e. The topological polar surface area (TPSA) is 87.7 Å². The molecule has 0 radical (unpaired) electrons. The molecular formula is C19H22N4O2S. The van der Waals surface area contributed by atoms with Crippen molar-refractivity contribution < 1.29 is 8.42 Å². The number of pyridine rings is 1. The summed E-state index contributed by atoms with van der Waals surface area (Å²) in [5, 5.41) is 6.70. The highest BCUT2D eigenvalue weighted by Gasteiger charge is 2.24. The minimum Gasteiger partial charge on any atom is -0.281 e. The van der Waals surface area contributed by atoms with Crippen LogP contribution < -0.4 is 4.72 Å². The first-order valence-corrected chi connectivity index (χ1v) is 9.85. The molecular weight excluding hydrogens is 348 g/mol. The molecule has 0 aliphatic heterocycles. The zero-order valence-electron chi connectivity index (χ0n) is 15.0. The van der Waals surface area contributed by atoms with Gasteiger partial charge in [-0.05, 0) is 38.5 Å². The Morgan fingerprint density at radius 1 is 1.08 bits per heavy atom. The first-order chi connectivity index (χ1) is 12.4.